The summed E-state index contributed by atoms with van der Waals surface area (Å²) in [5.41, 5.74) is 1.97. The third kappa shape index (κ3) is 6.52. The Balaban J connectivity index is 1.18. The van der Waals surface area contributed by atoms with Crippen molar-refractivity contribution < 1.29 is 33.9 Å². The number of carbonyl (C=O) groups is 4. The molecule has 16 heteroatoms. The van der Waals surface area contributed by atoms with Gasteiger partial charge in [-0.15, -0.1) is 34.4 Å². The molecule has 3 atom stereocenters. The summed E-state index contributed by atoms with van der Waals surface area (Å²) >= 11 is 3.65. The van der Waals surface area contributed by atoms with Crippen LogP contribution in [0.4, 0.5) is 5.13 Å². The van der Waals surface area contributed by atoms with Gasteiger partial charge in [0.15, 0.2) is 16.9 Å². The third-order valence-corrected chi connectivity index (χ3v) is 11.7. The zero-order valence-corrected chi connectivity index (χ0v) is 31.2. The maximum absolute atomic E-state index is 14.0. The van der Waals surface area contributed by atoms with Crippen molar-refractivity contribution in [3.05, 3.63) is 147 Å². The van der Waals surface area contributed by atoms with Crippen LogP contribution in [0.15, 0.2) is 124 Å². The summed E-state index contributed by atoms with van der Waals surface area (Å²) in [4.78, 5) is 67.7. The molecule has 54 heavy (non-hydrogen) atoms. The zero-order valence-electron chi connectivity index (χ0n) is 28.7. The first-order chi connectivity index (χ1) is 26.2. The molecule has 1 fully saturated rings. The molecule has 13 nitrogen and oxygen atoms in total. The minimum atomic E-state index is -2.32. The number of esters is 1. The number of hydrogen-bond acceptors (Lipinski definition) is 13. The first-order valence-corrected chi connectivity index (χ1v) is 19.3. The largest absolute Gasteiger partial charge is 0.479 e. The Morgan fingerprint density at radius 3 is 2.11 bits per heavy atom. The molecule has 2 aliphatic rings. The number of carboxylic acid groups (broad SMARTS) is 1. The molecule has 1 saturated heterocycles. The fourth-order valence-electron chi connectivity index (χ4n) is 6.55. The van der Waals surface area contributed by atoms with Gasteiger partial charge < -0.3 is 30.2 Å². The van der Waals surface area contributed by atoms with Gasteiger partial charge in [0.05, 0.1) is 11.2 Å². The Hall–Kier alpha value is -5.84. The van der Waals surface area contributed by atoms with Crippen molar-refractivity contribution in [3.63, 3.8) is 0 Å². The van der Waals surface area contributed by atoms with E-state index in [9.17, 15) is 24.3 Å². The molecular formula is C38H32N6O7S3. The maximum Gasteiger partial charge on any atom is 0.342 e. The second kappa shape index (κ2) is 15.3. The van der Waals surface area contributed by atoms with Crippen LogP contribution in [0.5, 0.6) is 0 Å². The quantitative estimate of drug-likeness (QED) is 0.0349. The van der Waals surface area contributed by atoms with Crippen molar-refractivity contribution in [1.82, 2.24) is 20.2 Å². The van der Waals surface area contributed by atoms with Gasteiger partial charge >= 0.3 is 11.9 Å². The third-order valence-electron chi connectivity index (χ3n) is 8.96. The average Bonchev–Trinajstić information content (AvgIpc) is 3.91. The van der Waals surface area contributed by atoms with Gasteiger partial charge in [-0.2, -0.15) is 0 Å². The van der Waals surface area contributed by atoms with Gasteiger partial charge in [0, 0.05) is 35.2 Å². The summed E-state index contributed by atoms with van der Waals surface area (Å²) in [6, 6.07) is 29.7. The molecule has 0 bridgehead atoms. The summed E-state index contributed by atoms with van der Waals surface area (Å²) in [7, 11) is 1.25. The number of carbonyl (C=O) groups excluding carboxylic acids is 3. The molecule has 3 N–H and O–H groups in total. The second-order valence-electron chi connectivity index (χ2n) is 12.2. The van der Waals surface area contributed by atoms with E-state index in [4.69, 9.17) is 14.6 Å². The number of amides is 2. The Morgan fingerprint density at radius 1 is 0.981 bits per heavy atom. The number of anilines is 1. The van der Waals surface area contributed by atoms with E-state index in [1.165, 1.54) is 47.8 Å². The lowest BCUT2D eigenvalue weighted by molar-refractivity contribution is -0.169. The molecule has 0 saturated carbocycles. The number of carboxylic acids is 1. The summed E-state index contributed by atoms with van der Waals surface area (Å²) < 4.78 is 5.51. The van der Waals surface area contributed by atoms with E-state index in [2.05, 4.69) is 20.8 Å². The van der Waals surface area contributed by atoms with Crippen molar-refractivity contribution >= 4 is 69.0 Å². The summed E-state index contributed by atoms with van der Waals surface area (Å²) in [6.07, 6.45) is 0.604. The van der Waals surface area contributed by atoms with Crippen LogP contribution in [0.25, 0.3) is 0 Å². The predicted molar refractivity (Wildman–Crippen MR) is 205 cm³/mol. The van der Waals surface area contributed by atoms with Crippen molar-refractivity contribution in [2.75, 3.05) is 18.2 Å². The van der Waals surface area contributed by atoms with E-state index < -0.39 is 46.3 Å². The van der Waals surface area contributed by atoms with Crippen molar-refractivity contribution in [2.45, 2.75) is 29.5 Å². The van der Waals surface area contributed by atoms with Crippen LogP contribution < -0.4 is 10.6 Å². The van der Waals surface area contributed by atoms with Crippen LogP contribution in [-0.4, -0.2) is 73.2 Å². The Morgan fingerprint density at radius 2 is 1.59 bits per heavy atom. The van der Waals surface area contributed by atoms with E-state index in [-0.39, 0.29) is 17.2 Å². The highest BCUT2D eigenvalue weighted by atomic mass is 32.2. The van der Waals surface area contributed by atoms with Gasteiger partial charge in [-0.05, 0) is 16.7 Å². The number of nitrogens with one attached hydrogen (secondary N) is 2. The van der Waals surface area contributed by atoms with E-state index in [1.807, 2.05) is 91.0 Å². The number of thiazole rings is 2. The van der Waals surface area contributed by atoms with Crippen LogP contribution in [-0.2, 0) is 34.3 Å². The number of benzene rings is 3. The molecule has 0 radical (unpaired) electrons. The lowest BCUT2D eigenvalue weighted by Gasteiger charge is -2.53. The number of β-lactam (4-membered cyclic amide) rings is 1. The number of ether oxygens (including phenoxy) is 1. The number of fused-ring (bicyclic) bond motifs is 1. The van der Waals surface area contributed by atoms with E-state index in [0.29, 0.717) is 16.4 Å². The number of oxime groups is 1. The lowest BCUT2D eigenvalue weighted by atomic mass is 9.77. The number of rotatable bonds is 13. The number of hydrogen-bond donors (Lipinski definition) is 3. The predicted octanol–water partition coefficient (Wildman–Crippen LogP) is 5.40. The molecule has 274 valence electrons. The maximum atomic E-state index is 14.0. The van der Waals surface area contributed by atoms with Gasteiger partial charge in [0.25, 0.3) is 11.8 Å². The van der Waals surface area contributed by atoms with Crippen molar-refractivity contribution in [2.24, 2.45) is 5.16 Å². The SMILES string of the molecule is CON=C(C(=O)NC1(C(=O)O)C(=O)N2C=C(C(OC(C)=O)c3cscn3)CS[C@H]21)c1csc(NC(c2ccccc2)(c2ccccc2)c2ccccc2)n1. The van der Waals surface area contributed by atoms with Gasteiger partial charge in [-0.1, -0.05) is 96.2 Å². The fourth-order valence-corrected chi connectivity index (χ4v) is 9.27. The molecule has 0 aliphatic carbocycles. The molecule has 7 rings (SSSR count). The summed E-state index contributed by atoms with van der Waals surface area (Å²) in [5, 5.41) is 23.2. The molecule has 4 heterocycles. The minimum absolute atomic E-state index is 0.0973. The summed E-state index contributed by atoms with van der Waals surface area (Å²) in [5.74, 6) is -3.74. The van der Waals surface area contributed by atoms with Gasteiger partial charge in [-0.3, -0.25) is 14.4 Å². The van der Waals surface area contributed by atoms with Gasteiger partial charge in [0.1, 0.15) is 23.7 Å². The molecule has 3 aromatic carbocycles. The van der Waals surface area contributed by atoms with Crippen LogP contribution in [0, 0.1) is 0 Å². The van der Waals surface area contributed by atoms with Crippen LogP contribution in [0.1, 0.15) is 41.1 Å². The monoisotopic (exact) mass is 780 g/mol. The molecule has 2 aliphatic heterocycles. The van der Waals surface area contributed by atoms with Gasteiger partial charge in [-0.25, -0.2) is 14.8 Å². The topological polar surface area (TPSA) is 172 Å². The highest BCUT2D eigenvalue weighted by Crippen LogP contribution is 2.46. The number of aromatic nitrogens is 2. The highest BCUT2D eigenvalue weighted by Gasteiger charge is 2.68. The standard InChI is InChI=1S/C38H32N6O7S3/c1-23(45)51-31(29-20-52-22-39-29)24-18-44-33(47)38(35(48)49,34(44)53-19-24)41-32(46)30(43-50-2)28-21-54-36(40-28)42-37(25-12-6-3-7-13-25,26-14-8-4-9-15-26)27-16-10-5-11-17-27/h3-18,20-22,31,34H,19H2,1-2H3,(H,40,42)(H,41,46)(H,48,49)/t31?,34-,38?/m0/s1. The summed E-state index contributed by atoms with van der Waals surface area (Å²) in [6.45, 7) is 1.27. The van der Waals surface area contributed by atoms with E-state index >= 15 is 0 Å². The van der Waals surface area contributed by atoms with Crippen molar-refractivity contribution in [3.8, 4) is 0 Å². The fraction of sp³-hybridized carbons (Fsp3) is 0.184. The Labute approximate surface area is 321 Å². The number of thioether (sulfide) groups is 1. The van der Waals surface area contributed by atoms with Crippen molar-refractivity contribution in [1.29, 1.82) is 0 Å². The lowest BCUT2D eigenvalue weighted by Crippen LogP contribution is -2.82. The number of aliphatic carboxylic acids is 1. The second-order valence-corrected chi connectivity index (χ2v) is 14.8. The Kier molecular flexibility index (Phi) is 10.3. The molecule has 2 unspecified atom stereocenters. The first-order valence-electron chi connectivity index (χ1n) is 16.5. The minimum Gasteiger partial charge on any atom is -0.479 e. The zero-order chi connectivity index (χ0) is 37.9. The average molecular weight is 781 g/mol. The normalized spacial score (nSPS) is 18.7. The van der Waals surface area contributed by atoms with Crippen LogP contribution >= 0.6 is 34.4 Å². The van der Waals surface area contributed by atoms with Crippen LogP contribution in [0.2, 0.25) is 0 Å². The van der Waals surface area contributed by atoms with E-state index in [1.54, 1.807) is 16.3 Å². The molecule has 5 aromatic rings. The van der Waals surface area contributed by atoms with Gasteiger partial charge in [0.2, 0.25) is 5.54 Å². The van der Waals surface area contributed by atoms with Crippen LogP contribution in [0.3, 0.4) is 0 Å². The smallest absolute Gasteiger partial charge is 0.342 e. The molecule has 2 amide bonds. The molecular weight excluding hydrogens is 749 g/mol. The Bertz CT molecular complexity index is 2140. The molecule has 2 aromatic heterocycles. The molecule has 0 spiro atoms. The number of nitrogens with zero attached hydrogens (tertiary/aromatic N) is 4. The highest BCUT2D eigenvalue weighted by molar-refractivity contribution is 8.00. The van der Waals surface area contributed by atoms with E-state index in [0.717, 1.165) is 28.5 Å². The first kappa shape index (κ1) is 36.5.